The van der Waals surface area contributed by atoms with Gasteiger partial charge in [-0.2, -0.15) is 4.31 Å². The summed E-state index contributed by atoms with van der Waals surface area (Å²) in [5.41, 5.74) is 1.27. The molecule has 9 nitrogen and oxygen atoms in total. The molecule has 4 aromatic carbocycles. The molecule has 1 heterocycles. The zero-order chi connectivity index (χ0) is 26.9. The minimum atomic E-state index is -4.10. The minimum Gasteiger partial charge on any atom is -0.494 e. The predicted octanol–water partition coefficient (Wildman–Crippen LogP) is 4.90. The molecule has 194 valence electrons. The number of benzene rings is 4. The van der Waals surface area contributed by atoms with E-state index in [1.165, 1.54) is 28.6 Å². The maximum Gasteiger partial charge on any atom is 0.296 e. The number of anilines is 1. The molecule has 1 amide bonds. The second-order valence-corrected chi connectivity index (χ2v) is 10.8. The second-order valence-electron chi connectivity index (χ2n) is 8.91. The Bertz CT molecular complexity index is 1650. The van der Waals surface area contributed by atoms with E-state index in [-0.39, 0.29) is 29.2 Å². The third-order valence-electron chi connectivity index (χ3n) is 6.57. The molecule has 0 spiro atoms. The largest absolute Gasteiger partial charge is 0.494 e. The molecule has 38 heavy (non-hydrogen) atoms. The van der Waals surface area contributed by atoms with Crippen LogP contribution >= 0.6 is 0 Å². The van der Waals surface area contributed by atoms with E-state index in [0.29, 0.717) is 12.4 Å². The van der Waals surface area contributed by atoms with Gasteiger partial charge in [0.1, 0.15) is 17.5 Å². The quantitative estimate of drug-likeness (QED) is 0.268. The van der Waals surface area contributed by atoms with Crippen LogP contribution in [0.5, 0.6) is 5.75 Å². The van der Waals surface area contributed by atoms with Crippen LogP contribution in [-0.4, -0.2) is 36.2 Å². The van der Waals surface area contributed by atoms with E-state index in [1.54, 1.807) is 19.1 Å². The first-order chi connectivity index (χ1) is 18.3. The van der Waals surface area contributed by atoms with Crippen molar-refractivity contribution >= 4 is 38.1 Å². The highest BCUT2D eigenvalue weighted by Gasteiger charge is 2.40. The van der Waals surface area contributed by atoms with Crippen LogP contribution in [0.2, 0.25) is 0 Å². The first-order valence-electron chi connectivity index (χ1n) is 12.1. The van der Waals surface area contributed by atoms with E-state index in [2.05, 4.69) is 5.32 Å². The van der Waals surface area contributed by atoms with E-state index in [9.17, 15) is 23.3 Å². The van der Waals surface area contributed by atoms with Crippen molar-refractivity contribution in [2.75, 3.05) is 11.9 Å². The molecule has 1 atom stereocenters. The molecule has 1 aliphatic rings. The number of hydrogen-bond acceptors (Lipinski definition) is 6. The molecule has 5 rings (SSSR count). The summed E-state index contributed by atoms with van der Waals surface area (Å²) in [5, 5.41) is 16.0. The summed E-state index contributed by atoms with van der Waals surface area (Å²) in [7, 11) is -4.10. The Labute approximate surface area is 219 Å². The van der Waals surface area contributed by atoms with Gasteiger partial charge in [-0.15, -0.1) is 0 Å². The second kappa shape index (κ2) is 10.2. The summed E-state index contributed by atoms with van der Waals surface area (Å²) in [6.07, 6.45) is 0.125. The fraction of sp³-hybridized carbons (Fsp3) is 0.179. The van der Waals surface area contributed by atoms with Crippen molar-refractivity contribution in [1.29, 1.82) is 0 Å². The van der Waals surface area contributed by atoms with Gasteiger partial charge < -0.3 is 10.1 Å². The average Bonchev–Trinajstić information content (AvgIpc) is 2.92. The zero-order valence-electron chi connectivity index (χ0n) is 20.5. The summed E-state index contributed by atoms with van der Waals surface area (Å²) in [6.45, 7) is 2.08. The molecule has 0 radical (unpaired) electrons. The van der Waals surface area contributed by atoms with Crippen molar-refractivity contribution < 1.29 is 22.9 Å². The Morgan fingerprint density at radius 3 is 2.45 bits per heavy atom. The summed E-state index contributed by atoms with van der Waals surface area (Å²) < 4.78 is 34.4. The van der Waals surface area contributed by atoms with Crippen LogP contribution in [0.15, 0.2) is 89.8 Å². The van der Waals surface area contributed by atoms with Crippen LogP contribution in [0.1, 0.15) is 18.1 Å². The fourth-order valence-corrected chi connectivity index (χ4v) is 6.28. The number of sulfonamides is 1. The Morgan fingerprint density at radius 1 is 1.00 bits per heavy atom. The van der Waals surface area contributed by atoms with E-state index >= 15 is 0 Å². The number of carbonyl (C=O) groups excluding carboxylic acids is 1. The molecule has 1 N–H and O–H groups in total. The van der Waals surface area contributed by atoms with E-state index in [4.69, 9.17) is 4.74 Å². The molecular weight excluding hydrogens is 506 g/mol. The number of nitro groups is 1. The minimum absolute atomic E-state index is 0.00517. The maximum absolute atomic E-state index is 13.9. The summed E-state index contributed by atoms with van der Waals surface area (Å²) in [4.78, 5) is 24.8. The van der Waals surface area contributed by atoms with Crippen molar-refractivity contribution in [2.24, 2.45) is 0 Å². The van der Waals surface area contributed by atoms with Crippen molar-refractivity contribution in [3.05, 3.63) is 106 Å². The lowest BCUT2D eigenvalue weighted by molar-refractivity contribution is -0.384. The monoisotopic (exact) mass is 531 g/mol. The number of hydrogen-bond donors (Lipinski definition) is 1. The van der Waals surface area contributed by atoms with Gasteiger partial charge in [0.2, 0.25) is 15.9 Å². The first-order valence-corrected chi connectivity index (χ1v) is 13.5. The van der Waals surface area contributed by atoms with Gasteiger partial charge in [-0.25, -0.2) is 8.42 Å². The summed E-state index contributed by atoms with van der Waals surface area (Å²) in [6, 6.07) is 22.7. The standard InChI is InChI=1S/C28H25N3O6S/c1-2-37-23-12-14-25(26(17-23)31(33)34)29-28(32)27-16-21-9-5-6-10-22(21)18-30(27)38(35,36)24-13-11-19-7-3-4-8-20(19)15-24/h3-15,17,27H,2,16,18H2,1H3,(H,29,32)/t27-/m1/s1. The zero-order valence-corrected chi connectivity index (χ0v) is 21.4. The third kappa shape index (κ3) is 4.83. The van der Waals surface area contributed by atoms with E-state index < -0.39 is 26.9 Å². The lowest BCUT2D eigenvalue weighted by atomic mass is 9.95. The summed E-state index contributed by atoms with van der Waals surface area (Å²) in [5.74, 6) is -0.361. The van der Waals surface area contributed by atoms with Crippen LogP contribution in [0.4, 0.5) is 11.4 Å². The smallest absolute Gasteiger partial charge is 0.296 e. The van der Waals surface area contributed by atoms with Crippen LogP contribution < -0.4 is 10.1 Å². The Kier molecular flexibility index (Phi) is 6.83. The lowest BCUT2D eigenvalue weighted by Crippen LogP contribution is -2.50. The SMILES string of the molecule is CCOc1ccc(NC(=O)[C@H]2Cc3ccccc3CN2S(=O)(=O)c2ccc3ccccc3c2)c([N+](=O)[O-])c1. The predicted molar refractivity (Wildman–Crippen MR) is 144 cm³/mol. The van der Waals surface area contributed by atoms with Gasteiger partial charge in [0.25, 0.3) is 5.69 Å². The molecule has 1 aliphatic heterocycles. The molecule has 0 saturated carbocycles. The maximum atomic E-state index is 13.9. The van der Waals surface area contributed by atoms with Crippen LogP contribution in [0, 0.1) is 10.1 Å². The van der Waals surface area contributed by atoms with E-state index in [1.807, 2.05) is 48.5 Å². The first kappa shape index (κ1) is 25.4. The topological polar surface area (TPSA) is 119 Å². The van der Waals surface area contributed by atoms with Gasteiger partial charge in [0, 0.05) is 6.54 Å². The lowest BCUT2D eigenvalue weighted by Gasteiger charge is -2.35. The van der Waals surface area contributed by atoms with Crippen LogP contribution in [-0.2, 0) is 27.8 Å². The molecule has 0 saturated heterocycles. The highest BCUT2D eigenvalue weighted by atomic mass is 32.2. The normalized spacial score (nSPS) is 15.6. The average molecular weight is 532 g/mol. The van der Waals surface area contributed by atoms with Gasteiger partial charge in [-0.05, 0) is 59.5 Å². The van der Waals surface area contributed by atoms with Gasteiger partial charge >= 0.3 is 0 Å². The van der Waals surface area contributed by atoms with E-state index in [0.717, 1.165) is 21.9 Å². The number of nitro benzene ring substituents is 1. The van der Waals surface area contributed by atoms with Crippen LogP contribution in [0.3, 0.4) is 0 Å². The number of nitrogens with one attached hydrogen (secondary N) is 1. The molecule has 10 heteroatoms. The van der Waals surface area contributed by atoms with Gasteiger partial charge in [-0.3, -0.25) is 14.9 Å². The number of amides is 1. The summed E-state index contributed by atoms with van der Waals surface area (Å²) >= 11 is 0. The van der Waals surface area contributed by atoms with Crippen molar-refractivity contribution in [1.82, 2.24) is 4.31 Å². The molecular formula is C28H25N3O6S. The Balaban J connectivity index is 1.53. The van der Waals surface area contributed by atoms with Crippen molar-refractivity contribution in [3.63, 3.8) is 0 Å². The highest BCUT2D eigenvalue weighted by Crippen LogP contribution is 2.33. The van der Waals surface area contributed by atoms with Gasteiger partial charge in [-0.1, -0.05) is 54.6 Å². The third-order valence-corrected chi connectivity index (χ3v) is 8.42. The Hall–Kier alpha value is -4.28. The van der Waals surface area contributed by atoms with Crippen LogP contribution in [0.25, 0.3) is 10.8 Å². The molecule has 0 fully saturated rings. The molecule has 0 unspecified atom stereocenters. The molecule has 0 aliphatic carbocycles. The highest BCUT2D eigenvalue weighted by molar-refractivity contribution is 7.89. The molecule has 4 aromatic rings. The fourth-order valence-electron chi connectivity index (χ4n) is 4.68. The van der Waals surface area contributed by atoms with Crippen molar-refractivity contribution in [3.8, 4) is 5.75 Å². The van der Waals surface area contributed by atoms with Gasteiger partial charge in [0.05, 0.1) is 22.5 Å². The van der Waals surface area contributed by atoms with Gasteiger partial charge in [0.15, 0.2) is 0 Å². The molecule has 0 aromatic heterocycles. The van der Waals surface area contributed by atoms with Crippen molar-refractivity contribution in [2.45, 2.75) is 30.8 Å². The number of carbonyl (C=O) groups is 1. The number of ether oxygens (including phenoxy) is 1. The number of fused-ring (bicyclic) bond motifs is 2. The number of rotatable bonds is 7. The Morgan fingerprint density at radius 2 is 1.71 bits per heavy atom. The molecule has 0 bridgehead atoms. The number of nitrogens with zero attached hydrogens (tertiary/aromatic N) is 2.